The van der Waals surface area contributed by atoms with E-state index in [0.717, 1.165) is 5.56 Å². The largest absolute Gasteiger partial charge is 0.438 e. The van der Waals surface area contributed by atoms with Crippen LogP contribution in [0.25, 0.3) is 11.1 Å². The van der Waals surface area contributed by atoms with Crippen molar-refractivity contribution >= 4 is 17.4 Å². The number of halogens is 1. The second-order valence-corrected chi connectivity index (χ2v) is 7.17. The predicted octanol–water partition coefficient (Wildman–Crippen LogP) is 3.92. The molecule has 0 fully saturated rings. The summed E-state index contributed by atoms with van der Waals surface area (Å²) in [5.41, 5.74) is 8.27. The summed E-state index contributed by atoms with van der Waals surface area (Å²) in [6, 6.07) is 14.4. The number of hydrogen-bond acceptors (Lipinski definition) is 7. The van der Waals surface area contributed by atoms with Crippen LogP contribution in [0.1, 0.15) is 5.56 Å². The molecule has 9 nitrogen and oxygen atoms in total. The molecule has 0 spiro atoms. The lowest BCUT2D eigenvalue weighted by Crippen LogP contribution is -2.12. The van der Waals surface area contributed by atoms with Crippen LogP contribution in [0.2, 0.25) is 0 Å². The summed E-state index contributed by atoms with van der Waals surface area (Å²) < 4.78 is 20.8. The molecular weight excluding hydrogens is 437 g/mol. The predicted molar refractivity (Wildman–Crippen MR) is 123 cm³/mol. The highest BCUT2D eigenvalue weighted by Crippen LogP contribution is 2.35. The van der Waals surface area contributed by atoms with Gasteiger partial charge in [0.2, 0.25) is 5.88 Å². The number of anilines is 2. The van der Waals surface area contributed by atoms with Gasteiger partial charge in [0.1, 0.15) is 35.4 Å². The van der Waals surface area contributed by atoms with Gasteiger partial charge in [-0.3, -0.25) is 9.48 Å². The lowest BCUT2D eigenvalue weighted by Gasteiger charge is -2.11. The molecule has 0 aliphatic heterocycles. The van der Waals surface area contributed by atoms with Gasteiger partial charge >= 0.3 is 0 Å². The van der Waals surface area contributed by atoms with E-state index >= 15 is 0 Å². The summed E-state index contributed by atoms with van der Waals surface area (Å²) in [5.74, 6) is -0.155. The van der Waals surface area contributed by atoms with Crippen LogP contribution in [0, 0.1) is 17.1 Å². The maximum atomic E-state index is 13.2. The van der Waals surface area contributed by atoms with Crippen molar-refractivity contribution < 1.29 is 13.9 Å². The maximum absolute atomic E-state index is 13.2. The van der Waals surface area contributed by atoms with E-state index in [4.69, 9.17) is 15.7 Å². The number of nitrogens with one attached hydrogen (secondary N) is 1. The van der Waals surface area contributed by atoms with E-state index in [9.17, 15) is 9.18 Å². The van der Waals surface area contributed by atoms with Crippen LogP contribution < -0.4 is 15.8 Å². The van der Waals surface area contributed by atoms with Crippen LogP contribution in [-0.2, 0) is 11.3 Å². The summed E-state index contributed by atoms with van der Waals surface area (Å²) in [6.07, 6.45) is 4.64. The van der Waals surface area contributed by atoms with Gasteiger partial charge in [-0.15, -0.1) is 0 Å². The molecule has 0 aliphatic carbocycles. The smallest absolute Gasteiger partial charge is 0.265 e. The van der Waals surface area contributed by atoms with Crippen molar-refractivity contribution in [2.24, 2.45) is 0 Å². The van der Waals surface area contributed by atoms with Crippen LogP contribution in [-0.4, -0.2) is 25.7 Å². The molecule has 3 N–H and O–H groups in total. The molecule has 2 aromatic heterocycles. The van der Waals surface area contributed by atoms with Crippen LogP contribution in [0.5, 0.6) is 11.6 Å². The minimum Gasteiger partial charge on any atom is -0.438 e. The van der Waals surface area contributed by atoms with E-state index in [1.54, 1.807) is 59.5 Å². The molecule has 1 amide bonds. The number of benzene rings is 2. The molecule has 0 saturated heterocycles. The molecule has 168 valence electrons. The van der Waals surface area contributed by atoms with Crippen molar-refractivity contribution in [1.82, 2.24) is 19.7 Å². The Labute approximate surface area is 194 Å². The first kappa shape index (κ1) is 22.2. The zero-order chi connectivity index (χ0) is 24.1. The molecule has 0 bridgehead atoms. The maximum Gasteiger partial charge on any atom is 0.265 e. The number of amides is 1. The summed E-state index contributed by atoms with van der Waals surface area (Å²) >= 11 is 0. The first-order valence-electron chi connectivity index (χ1n) is 9.99. The van der Waals surface area contributed by atoms with Gasteiger partial charge in [0.15, 0.2) is 0 Å². The number of carbonyl (C=O) groups excluding carboxylic acids is 1. The summed E-state index contributed by atoms with van der Waals surface area (Å²) in [4.78, 5) is 20.2. The quantitative estimate of drug-likeness (QED) is 0.319. The van der Waals surface area contributed by atoms with Crippen LogP contribution in [0.4, 0.5) is 15.9 Å². The normalized spacial score (nSPS) is 10.4. The Balaban J connectivity index is 1.58. The number of nitrogens with zero attached hydrogens (tertiary/aromatic N) is 5. The lowest BCUT2D eigenvalue weighted by atomic mass is 10.1. The summed E-state index contributed by atoms with van der Waals surface area (Å²) in [7, 11) is 0. The molecular formula is C24H18FN7O2. The highest BCUT2D eigenvalue weighted by Gasteiger charge is 2.17. The van der Waals surface area contributed by atoms with Crippen LogP contribution in [0.15, 0.2) is 79.4 Å². The Kier molecular flexibility index (Phi) is 6.27. The molecule has 2 heterocycles. The Morgan fingerprint density at radius 1 is 1.24 bits per heavy atom. The summed E-state index contributed by atoms with van der Waals surface area (Å²) in [5, 5.41) is 15.7. The number of ether oxygens (including phenoxy) is 1. The highest BCUT2D eigenvalue weighted by molar-refractivity contribution is 6.06. The number of aromatic nitrogens is 4. The minimum absolute atomic E-state index is 0.193. The van der Waals surface area contributed by atoms with Crippen molar-refractivity contribution in [2.45, 2.75) is 6.54 Å². The topological polar surface area (TPSA) is 132 Å². The Morgan fingerprint density at radius 2 is 2.03 bits per heavy atom. The Hall–Kier alpha value is -5.04. The first-order chi connectivity index (χ1) is 16.4. The van der Waals surface area contributed by atoms with Crippen molar-refractivity contribution in [3.8, 4) is 28.8 Å². The molecule has 34 heavy (non-hydrogen) atoms. The number of carbonyl (C=O) groups is 1. The standard InChI is InChI=1S/C24H18FN7O2/c1-15(10-26)23(33)31-19-3-2-4-20(9-19)34-24-21(22(27)28-14-29-24)17-11-30-32(13-17)12-16-5-7-18(25)8-6-16/h2-9,11,13-14H,1,12H2,(H,31,33)(H2,27,28,29). The van der Waals surface area contributed by atoms with E-state index in [1.165, 1.54) is 18.5 Å². The third kappa shape index (κ3) is 5.05. The number of nitriles is 1. The van der Waals surface area contributed by atoms with Gasteiger partial charge in [-0.1, -0.05) is 24.8 Å². The fraction of sp³-hybridized carbons (Fsp3) is 0.0417. The van der Waals surface area contributed by atoms with Gasteiger partial charge in [0.25, 0.3) is 5.91 Å². The van der Waals surface area contributed by atoms with Gasteiger partial charge in [-0.25, -0.2) is 14.4 Å². The molecule has 0 atom stereocenters. The van der Waals surface area contributed by atoms with E-state index in [2.05, 4.69) is 27.0 Å². The van der Waals surface area contributed by atoms with Gasteiger partial charge in [-0.2, -0.15) is 10.4 Å². The zero-order valence-corrected chi connectivity index (χ0v) is 17.8. The van der Waals surface area contributed by atoms with Crippen molar-refractivity contribution in [3.05, 3.63) is 90.8 Å². The van der Waals surface area contributed by atoms with E-state index < -0.39 is 5.91 Å². The molecule has 0 radical (unpaired) electrons. The third-order valence-corrected chi connectivity index (χ3v) is 4.74. The lowest BCUT2D eigenvalue weighted by molar-refractivity contribution is -0.112. The van der Waals surface area contributed by atoms with Crippen LogP contribution in [0.3, 0.4) is 0 Å². The third-order valence-electron chi connectivity index (χ3n) is 4.74. The molecule has 4 rings (SSSR count). The molecule has 0 unspecified atom stereocenters. The number of rotatable bonds is 7. The fourth-order valence-corrected chi connectivity index (χ4v) is 3.09. The number of nitrogens with two attached hydrogens (primary N) is 1. The summed E-state index contributed by atoms with van der Waals surface area (Å²) in [6.45, 7) is 3.82. The van der Waals surface area contributed by atoms with E-state index in [-0.39, 0.29) is 23.1 Å². The molecule has 2 aromatic carbocycles. The van der Waals surface area contributed by atoms with Gasteiger partial charge in [-0.05, 0) is 29.8 Å². The number of hydrogen-bond donors (Lipinski definition) is 2. The zero-order valence-electron chi connectivity index (χ0n) is 17.8. The number of nitrogen functional groups attached to an aromatic ring is 1. The van der Waals surface area contributed by atoms with Crippen molar-refractivity contribution in [2.75, 3.05) is 11.1 Å². The van der Waals surface area contributed by atoms with Gasteiger partial charge in [0, 0.05) is 23.5 Å². The monoisotopic (exact) mass is 455 g/mol. The average molecular weight is 455 g/mol. The van der Waals surface area contributed by atoms with E-state index in [1.807, 2.05) is 0 Å². The highest BCUT2D eigenvalue weighted by atomic mass is 19.1. The van der Waals surface area contributed by atoms with Gasteiger partial charge in [0.05, 0.1) is 18.3 Å². The first-order valence-corrected chi connectivity index (χ1v) is 9.99. The molecule has 0 saturated carbocycles. The average Bonchev–Trinajstić information content (AvgIpc) is 3.28. The second-order valence-electron chi connectivity index (χ2n) is 7.17. The minimum atomic E-state index is -0.611. The second kappa shape index (κ2) is 9.62. The van der Waals surface area contributed by atoms with Gasteiger partial charge < -0.3 is 15.8 Å². The van der Waals surface area contributed by atoms with Crippen molar-refractivity contribution in [1.29, 1.82) is 5.26 Å². The van der Waals surface area contributed by atoms with E-state index in [0.29, 0.717) is 29.1 Å². The molecule has 4 aromatic rings. The van der Waals surface area contributed by atoms with Crippen molar-refractivity contribution in [3.63, 3.8) is 0 Å². The Morgan fingerprint density at radius 3 is 2.79 bits per heavy atom. The molecule has 0 aliphatic rings. The fourth-order valence-electron chi connectivity index (χ4n) is 3.09. The SMILES string of the molecule is C=C(C#N)C(=O)Nc1cccc(Oc2ncnc(N)c2-c2cnn(Cc3ccc(F)cc3)c2)c1. The Bertz CT molecular complexity index is 1410. The molecule has 10 heteroatoms. The van der Waals surface area contributed by atoms with Crippen LogP contribution >= 0.6 is 0 Å².